The summed E-state index contributed by atoms with van der Waals surface area (Å²) >= 11 is 0. The van der Waals surface area contributed by atoms with Gasteiger partial charge in [0.2, 0.25) is 5.82 Å². The molecule has 0 aliphatic carbocycles. The molecule has 0 aliphatic rings. The van der Waals surface area contributed by atoms with Crippen LogP contribution in [0.15, 0.2) is 59.6 Å². The molecule has 6 aromatic rings. The van der Waals surface area contributed by atoms with E-state index in [1.165, 1.54) is 0 Å². The molecule has 0 radical (unpaired) electrons. The third-order valence-corrected chi connectivity index (χ3v) is 5.16. The van der Waals surface area contributed by atoms with E-state index < -0.39 is 0 Å². The predicted molar refractivity (Wildman–Crippen MR) is 114 cm³/mol. The highest BCUT2D eigenvalue weighted by atomic mass is 16.5. The van der Waals surface area contributed by atoms with Crippen molar-refractivity contribution in [3.8, 4) is 34.1 Å². The fraction of sp³-hybridized carbons (Fsp3) is 0.0909. The first-order valence-electron chi connectivity index (χ1n) is 9.72. The van der Waals surface area contributed by atoms with Crippen molar-refractivity contribution in [1.82, 2.24) is 39.7 Å². The van der Waals surface area contributed by atoms with E-state index in [1.807, 2.05) is 50.5 Å². The second-order valence-corrected chi connectivity index (χ2v) is 7.32. The minimum Gasteiger partial charge on any atom is -0.346 e. The number of aromatic nitrogens is 8. The van der Waals surface area contributed by atoms with Gasteiger partial charge in [-0.05, 0) is 49.7 Å². The maximum absolute atomic E-state index is 5.52. The van der Waals surface area contributed by atoms with Crippen LogP contribution in [0.3, 0.4) is 0 Å². The van der Waals surface area contributed by atoms with Crippen LogP contribution >= 0.6 is 0 Å². The lowest BCUT2D eigenvalue weighted by Crippen LogP contribution is -1.97. The molecule has 9 nitrogen and oxygen atoms in total. The molecule has 6 aromatic heterocycles. The topological polar surface area (TPSA) is 111 Å². The number of nitrogens with zero attached hydrogens (tertiary/aromatic N) is 7. The molecule has 9 heteroatoms. The number of pyridine rings is 2. The van der Waals surface area contributed by atoms with Crippen molar-refractivity contribution in [3.63, 3.8) is 0 Å². The zero-order valence-electron chi connectivity index (χ0n) is 16.7. The van der Waals surface area contributed by atoms with Gasteiger partial charge in [-0.25, -0.2) is 14.5 Å². The third-order valence-electron chi connectivity index (χ3n) is 5.16. The molecule has 0 bridgehead atoms. The van der Waals surface area contributed by atoms with Gasteiger partial charge in [0.15, 0.2) is 5.65 Å². The van der Waals surface area contributed by atoms with E-state index in [4.69, 9.17) is 4.52 Å². The molecule has 6 heterocycles. The molecule has 6 rings (SSSR count). The average molecular weight is 408 g/mol. The van der Waals surface area contributed by atoms with Gasteiger partial charge in [-0.1, -0.05) is 5.16 Å². The lowest BCUT2D eigenvalue weighted by atomic mass is 10.1. The van der Waals surface area contributed by atoms with Gasteiger partial charge in [-0.2, -0.15) is 10.1 Å². The molecule has 0 saturated carbocycles. The van der Waals surface area contributed by atoms with Crippen LogP contribution in [0.4, 0.5) is 0 Å². The van der Waals surface area contributed by atoms with Crippen LogP contribution in [-0.2, 0) is 0 Å². The largest absolute Gasteiger partial charge is 0.346 e. The van der Waals surface area contributed by atoms with E-state index in [2.05, 4.69) is 41.2 Å². The number of hydrogen-bond donors (Lipinski definition) is 1. The average Bonchev–Trinajstić information content (AvgIpc) is 3.52. The summed E-state index contributed by atoms with van der Waals surface area (Å²) in [5, 5.41) is 9.59. The predicted octanol–water partition coefficient (Wildman–Crippen LogP) is 4.00. The fourth-order valence-electron chi connectivity index (χ4n) is 3.69. The molecule has 0 amide bonds. The van der Waals surface area contributed by atoms with Gasteiger partial charge in [0.05, 0.1) is 11.8 Å². The maximum atomic E-state index is 5.52. The maximum Gasteiger partial charge on any atom is 0.276 e. The summed E-state index contributed by atoms with van der Waals surface area (Å²) in [4.78, 5) is 21.1. The van der Waals surface area contributed by atoms with E-state index in [-0.39, 0.29) is 0 Å². The van der Waals surface area contributed by atoms with Crippen molar-refractivity contribution in [2.45, 2.75) is 13.8 Å². The first kappa shape index (κ1) is 17.5. The van der Waals surface area contributed by atoms with Gasteiger partial charge >= 0.3 is 0 Å². The molecule has 1 N–H and O–H groups in total. The Balaban J connectivity index is 1.40. The number of nitrogens with one attached hydrogen (secondary N) is 1. The Morgan fingerprint density at radius 2 is 1.90 bits per heavy atom. The Morgan fingerprint density at radius 1 is 0.968 bits per heavy atom. The summed E-state index contributed by atoms with van der Waals surface area (Å²) in [6, 6.07) is 9.88. The normalized spacial score (nSPS) is 11.5. The fourth-order valence-corrected chi connectivity index (χ4v) is 3.69. The number of aromatic amines is 1. The van der Waals surface area contributed by atoms with Crippen molar-refractivity contribution >= 4 is 16.7 Å². The molecule has 0 unspecified atom stereocenters. The van der Waals surface area contributed by atoms with E-state index >= 15 is 0 Å². The van der Waals surface area contributed by atoms with E-state index in [0.29, 0.717) is 28.6 Å². The van der Waals surface area contributed by atoms with Crippen LogP contribution in [0.1, 0.15) is 11.4 Å². The summed E-state index contributed by atoms with van der Waals surface area (Å²) < 4.78 is 7.29. The first-order valence-corrected chi connectivity index (χ1v) is 9.72. The molecule has 0 spiro atoms. The van der Waals surface area contributed by atoms with Crippen LogP contribution in [0.2, 0.25) is 0 Å². The van der Waals surface area contributed by atoms with Gasteiger partial charge in [0.25, 0.3) is 5.89 Å². The molecule has 31 heavy (non-hydrogen) atoms. The van der Waals surface area contributed by atoms with Crippen LogP contribution in [0, 0.1) is 13.8 Å². The molecular weight excluding hydrogens is 392 g/mol. The smallest absolute Gasteiger partial charge is 0.276 e. The van der Waals surface area contributed by atoms with Crippen molar-refractivity contribution in [1.29, 1.82) is 0 Å². The zero-order valence-corrected chi connectivity index (χ0v) is 16.7. The molecule has 0 fully saturated rings. The highest BCUT2D eigenvalue weighted by Crippen LogP contribution is 2.28. The van der Waals surface area contributed by atoms with Gasteiger partial charge in [0.1, 0.15) is 11.3 Å². The van der Waals surface area contributed by atoms with Crippen molar-refractivity contribution in [2.24, 2.45) is 0 Å². The standard InChI is InChI=1S/C22H16N8O/c1-12-7-13(2)30-21(27-12)17(11-26-30)20-28-22(31-29-20)18-9-14(3-5-23-18)16-8-15-4-6-24-19(15)25-10-16/h3-11H,1-2H3,(H,24,25). The van der Waals surface area contributed by atoms with Crippen LogP contribution in [0.25, 0.3) is 50.8 Å². The summed E-state index contributed by atoms with van der Waals surface area (Å²) in [7, 11) is 0. The minimum absolute atomic E-state index is 0.330. The van der Waals surface area contributed by atoms with E-state index in [9.17, 15) is 0 Å². The molecule has 0 aliphatic heterocycles. The molecule has 0 atom stereocenters. The molecule has 0 saturated heterocycles. The number of fused-ring (bicyclic) bond motifs is 2. The Morgan fingerprint density at radius 3 is 2.84 bits per heavy atom. The van der Waals surface area contributed by atoms with Gasteiger partial charge in [-0.15, -0.1) is 0 Å². The molecule has 150 valence electrons. The number of aryl methyl sites for hydroxylation is 2. The Kier molecular flexibility index (Phi) is 3.69. The lowest BCUT2D eigenvalue weighted by molar-refractivity contribution is 0.431. The van der Waals surface area contributed by atoms with Gasteiger partial charge in [0, 0.05) is 40.9 Å². The third kappa shape index (κ3) is 2.86. The highest BCUT2D eigenvalue weighted by molar-refractivity contribution is 5.82. The zero-order chi connectivity index (χ0) is 20.9. The summed E-state index contributed by atoms with van der Waals surface area (Å²) in [5.74, 6) is 0.751. The quantitative estimate of drug-likeness (QED) is 0.471. The molecule has 0 aromatic carbocycles. The second kappa shape index (κ2) is 6.56. The van der Waals surface area contributed by atoms with E-state index in [1.54, 1.807) is 16.9 Å². The summed E-state index contributed by atoms with van der Waals surface area (Å²) in [6.45, 7) is 3.93. The number of hydrogen-bond acceptors (Lipinski definition) is 7. The van der Waals surface area contributed by atoms with Crippen LogP contribution in [-0.4, -0.2) is 39.7 Å². The SMILES string of the molecule is Cc1cc(C)n2ncc(-c3noc(-c4cc(-c5cnc6[nH]ccc6c5)ccn4)n3)c2n1. The van der Waals surface area contributed by atoms with Crippen LogP contribution < -0.4 is 0 Å². The second-order valence-electron chi connectivity index (χ2n) is 7.32. The summed E-state index contributed by atoms with van der Waals surface area (Å²) in [5.41, 5.74) is 6.67. The number of rotatable bonds is 3. The monoisotopic (exact) mass is 408 g/mol. The van der Waals surface area contributed by atoms with E-state index in [0.717, 1.165) is 33.5 Å². The Hall–Kier alpha value is -4.40. The highest BCUT2D eigenvalue weighted by Gasteiger charge is 2.18. The first-order chi connectivity index (χ1) is 15.2. The minimum atomic E-state index is 0.330. The van der Waals surface area contributed by atoms with Gasteiger partial charge < -0.3 is 9.51 Å². The lowest BCUT2D eigenvalue weighted by Gasteiger charge is -2.02. The van der Waals surface area contributed by atoms with Crippen molar-refractivity contribution in [2.75, 3.05) is 0 Å². The number of H-pyrrole nitrogens is 1. The molecular formula is C22H16N8O. The Bertz CT molecular complexity index is 1580. The van der Waals surface area contributed by atoms with Crippen LogP contribution in [0.5, 0.6) is 0 Å². The summed E-state index contributed by atoms with van der Waals surface area (Å²) in [6.07, 6.45) is 7.12. The van der Waals surface area contributed by atoms with Crippen molar-refractivity contribution < 1.29 is 4.52 Å². The van der Waals surface area contributed by atoms with Crippen molar-refractivity contribution in [3.05, 3.63) is 66.5 Å². The Labute approximate surface area is 175 Å². The van der Waals surface area contributed by atoms with Gasteiger partial charge in [-0.3, -0.25) is 4.98 Å².